The Morgan fingerprint density at radius 2 is 1.78 bits per heavy atom. The average Bonchev–Trinajstić information content (AvgIpc) is 3.84. The summed E-state index contributed by atoms with van der Waals surface area (Å²) in [5.74, 6) is 0.0996. The maximum Gasteiger partial charge on any atom is 0.220 e. The molecule has 0 saturated carbocycles. The molecule has 0 radical (unpaired) electrons. The van der Waals surface area contributed by atoms with Crippen molar-refractivity contribution in [3.8, 4) is 0 Å². The lowest BCUT2D eigenvalue weighted by molar-refractivity contribution is -0.121. The number of H-pyrrole nitrogens is 2. The van der Waals surface area contributed by atoms with Gasteiger partial charge in [-0.05, 0) is 87.4 Å². The van der Waals surface area contributed by atoms with E-state index in [2.05, 4.69) is 75.0 Å². The summed E-state index contributed by atoms with van der Waals surface area (Å²) < 4.78 is 6.47. The van der Waals surface area contributed by atoms with Gasteiger partial charge in [-0.25, -0.2) is 4.98 Å². The van der Waals surface area contributed by atoms with E-state index in [4.69, 9.17) is 20.4 Å². The highest BCUT2D eigenvalue weighted by Gasteiger charge is 2.36. The largest absolute Gasteiger partial charge is 0.374 e. The molecule has 3 aromatic heterocycles. The molecule has 0 spiro atoms. The summed E-state index contributed by atoms with van der Waals surface area (Å²) in [7, 11) is 0. The van der Waals surface area contributed by atoms with Gasteiger partial charge in [-0.15, -0.1) is 0 Å². The van der Waals surface area contributed by atoms with Crippen LogP contribution in [0.2, 0.25) is 0 Å². The number of rotatable bonds is 13. The third-order valence-electron chi connectivity index (χ3n) is 11.1. The molecule has 9 nitrogen and oxygen atoms in total. The molecule has 2 aliphatic heterocycles. The van der Waals surface area contributed by atoms with Gasteiger partial charge in [-0.2, -0.15) is 0 Å². The zero-order valence-corrected chi connectivity index (χ0v) is 30.9. The first-order valence-electron chi connectivity index (χ1n) is 18.7. The quantitative estimate of drug-likeness (QED) is 0.134. The Kier molecular flexibility index (Phi) is 10.7. The number of aromatic nitrogens is 4. The lowest BCUT2D eigenvalue weighted by Gasteiger charge is -2.17. The third kappa shape index (κ3) is 6.70. The number of hydrogen-bond acceptors (Lipinski definition) is 6. The van der Waals surface area contributed by atoms with Crippen LogP contribution in [0, 0.1) is 13.8 Å². The van der Waals surface area contributed by atoms with Crippen molar-refractivity contribution in [1.29, 1.82) is 0 Å². The Labute approximate surface area is 295 Å². The maximum absolute atomic E-state index is 13.7. The number of unbranched alkanes of at least 4 members (excludes halogenated alkanes) is 3. The number of nitrogens with one attached hydrogen (secondary N) is 3. The highest BCUT2D eigenvalue weighted by molar-refractivity contribution is 6.13. The van der Waals surface area contributed by atoms with Gasteiger partial charge in [0.2, 0.25) is 5.91 Å². The number of nitrogens with zero attached hydrogens (tertiary/aromatic N) is 2. The first kappa shape index (κ1) is 35.7. The fourth-order valence-corrected chi connectivity index (χ4v) is 8.15. The van der Waals surface area contributed by atoms with Crippen LogP contribution in [0.25, 0.3) is 33.2 Å². The van der Waals surface area contributed by atoms with Crippen molar-refractivity contribution in [3.05, 3.63) is 68.8 Å². The van der Waals surface area contributed by atoms with Gasteiger partial charge in [0.1, 0.15) is 0 Å². The summed E-state index contributed by atoms with van der Waals surface area (Å²) in [6.45, 7) is 16.6. The van der Waals surface area contributed by atoms with Gasteiger partial charge >= 0.3 is 0 Å². The monoisotopic (exact) mass is 678 g/mol. The molecule has 0 aromatic carbocycles. The number of Topliss-reactive ketones (excluding diaryl/α,β-unsaturated/α-hetero) is 1. The summed E-state index contributed by atoms with van der Waals surface area (Å²) >= 11 is 0. The van der Waals surface area contributed by atoms with E-state index in [0.717, 1.165) is 97.7 Å². The molecule has 1 aliphatic carbocycles. The van der Waals surface area contributed by atoms with Crippen molar-refractivity contribution in [2.75, 3.05) is 19.7 Å². The Balaban J connectivity index is 1.59. The molecule has 1 amide bonds. The summed E-state index contributed by atoms with van der Waals surface area (Å²) in [6.07, 6.45) is 6.64. The second kappa shape index (κ2) is 15.0. The number of carbonyl (C=O) groups excluding carboxylic acids is 2. The molecule has 0 saturated heterocycles. The van der Waals surface area contributed by atoms with Crippen molar-refractivity contribution in [3.63, 3.8) is 0 Å². The molecule has 3 atom stereocenters. The molecule has 6 rings (SSSR count). The van der Waals surface area contributed by atoms with Crippen LogP contribution in [0.4, 0.5) is 0 Å². The number of hydrogen-bond donors (Lipinski definition) is 4. The number of aromatic amines is 2. The zero-order valence-electron chi connectivity index (χ0n) is 30.9. The molecule has 50 heavy (non-hydrogen) atoms. The fourth-order valence-electron chi connectivity index (χ4n) is 8.15. The molecule has 266 valence electrons. The van der Waals surface area contributed by atoms with Gasteiger partial charge in [-0.1, -0.05) is 40.0 Å². The van der Waals surface area contributed by atoms with Gasteiger partial charge in [0, 0.05) is 83.3 Å². The number of amides is 1. The standard InChI is InChI=1S/C41H54N6O3/c1-8-10-11-12-17-50-26(7)38-24(5)32-19-31-23(4)28(13-14-37(49)43-16-15-42)40(46-31)29-18-36(48)39-25(6)33(47-41(29)39)20-34-27(9-2)22(3)30(44-34)21-35(38)45-32/h19-21,23,26,28,45,47H,8-18,42H2,1-7H3,(H,43,49)/t23-,26?,28-/m0/s1. The zero-order chi connectivity index (χ0) is 35.7. The second-order valence-corrected chi connectivity index (χ2v) is 14.3. The van der Waals surface area contributed by atoms with Gasteiger partial charge in [-0.3, -0.25) is 14.6 Å². The smallest absolute Gasteiger partial charge is 0.220 e. The van der Waals surface area contributed by atoms with Crippen LogP contribution < -0.4 is 11.1 Å². The van der Waals surface area contributed by atoms with E-state index < -0.39 is 0 Å². The van der Waals surface area contributed by atoms with E-state index in [0.29, 0.717) is 32.4 Å². The predicted molar refractivity (Wildman–Crippen MR) is 202 cm³/mol. The van der Waals surface area contributed by atoms with Crippen molar-refractivity contribution in [2.45, 2.75) is 118 Å². The van der Waals surface area contributed by atoms with E-state index >= 15 is 0 Å². The van der Waals surface area contributed by atoms with E-state index in [-0.39, 0.29) is 29.6 Å². The van der Waals surface area contributed by atoms with Gasteiger partial charge in [0.05, 0.1) is 28.7 Å². The Hall–Kier alpha value is -4.08. The molecule has 8 bridgehead atoms. The molecule has 9 heteroatoms. The number of ketones is 1. The average molecular weight is 679 g/mol. The first-order chi connectivity index (χ1) is 24.1. The van der Waals surface area contributed by atoms with E-state index in [1.165, 1.54) is 24.8 Å². The second-order valence-electron chi connectivity index (χ2n) is 14.3. The summed E-state index contributed by atoms with van der Waals surface area (Å²) in [6, 6.07) is 6.44. The van der Waals surface area contributed by atoms with Crippen molar-refractivity contribution in [1.82, 2.24) is 25.3 Å². The molecule has 5 N–H and O–H groups in total. The van der Waals surface area contributed by atoms with E-state index in [1.54, 1.807) is 0 Å². The lowest BCUT2D eigenvalue weighted by atomic mass is 9.85. The number of aryl methyl sites for hydroxylation is 2. The molecule has 0 fully saturated rings. The lowest BCUT2D eigenvalue weighted by Crippen LogP contribution is -2.29. The molecule has 3 aromatic rings. The molecule has 1 unspecified atom stereocenters. The minimum Gasteiger partial charge on any atom is -0.374 e. The van der Waals surface area contributed by atoms with E-state index in [9.17, 15) is 9.59 Å². The van der Waals surface area contributed by atoms with Crippen LogP contribution in [0.3, 0.4) is 0 Å². The minimum atomic E-state index is -0.113. The topological polar surface area (TPSA) is 139 Å². The van der Waals surface area contributed by atoms with Crippen LogP contribution in [0.5, 0.6) is 0 Å². The molecule has 3 aliphatic rings. The summed E-state index contributed by atoms with van der Waals surface area (Å²) in [5.41, 5.74) is 20.3. The van der Waals surface area contributed by atoms with Crippen LogP contribution in [0.1, 0.15) is 153 Å². The van der Waals surface area contributed by atoms with Crippen LogP contribution >= 0.6 is 0 Å². The molecular formula is C41H54N6O3. The number of fused-ring (bicyclic) bond motifs is 8. The van der Waals surface area contributed by atoms with Crippen LogP contribution in [0.15, 0.2) is 18.2 Å². The van der Waals surface area contributed by atoms with E-state index in [1.807, 2.05) is 6.92 Å². The predicted octanol–water partition coefficient (Wildman–Crippen LogP) is 8.41. The first-order valence-corrected chi connectivity index (χ1v) is 18.7. The highest BCUT2D eigenvalue weighted by atomic mass is 16.5. The molecular weight excluding hydrogens is 624 g/mol. The summed E-state index contributed by atoms with van der Waals surface area (Å²) in [4.78, 5) is 44.3. The minimum absolute atomic E-state index is 0.0178. The van der Waals surface area contributed by atoms with Gasteiger partial charge in [0.25, 0.3) is 0 Å². The van der Waals surface area contributed by atoms with Crippen molar-refractivity contribution in [2.24, 2.45) is 5.73 Å². The molecule has 5 heterocycles. The Bertz CT molecular complexity index is 2000. The normalized spacial score (nSPS) is 17.6. The van der Waals surface area contributed by atoms with Gasteiger partial charge in [0.15, 0.2) is 5.78 Å². The Morgan fingerprint density at radius 1 is 1.02 bits per heavy atom. The number of carbonyl (C=O) groups is 2. The van der Waals surface area contributed by atoms with Crippen molar-refractivity contribution >= 4 is 44.9 Å². The van der Waals surface area contributed by atoms with Crippen LogP contribution in [-0.2, 0) is 16.0 Å². The summed E-state index contributed by atoms with van der Waals surface area (Å²) in [5, 5.41) is 2.92. The van der Waals surface area contributed by atoms with Crippen molar-refractivity contribution < 1.29 is 14.3 Å². The number of allylic oxidation sites excluding steroid dienone is 2. The number of ether oxygens (including phenoxy) is 1. The number of nitrogens with two attached hydrogens (primary N) is 1. The van der Waals surface area contributed by atoms with Gasteiger partial charge < -0.3 is 25.8 Å². The fraction of sp³-hybridized carbons (Fsp3) is 0.512. The third-order valence-corrected chi connectivity index (χ3v) is 11.1. The maximum atomic E-state index is 13.7. The van der Waals surface area contributed by atoms with Crippen LogP contribution in [-0.4, -0.2) is 51.3 Å². The Morgan fingerprint density at radius 3 is 2.52 bits per heavy atom. The SMILES string of the molecule is CCCCCCOC(C)c1c(C)c2cc3nc(c4c5[nH]c(cc6nc(cc1[nH]2)C(C)=C6CC)c(C)c5C(=O)C4)[C@@H](CCC(=O)NCCN)[C@@H]3C. The highest BCUT2D eigenvalue weighted by Crippen LogP contribution is 2.44.